The molecule has 2 saturated heterocycles. The van der Waals surface area contributed by atoms with Gasteiger partial charge in [-0.2, -0.15) is 14.0 Å². The van der Waals surface area contributed by atoms with E-state index in [0.717, 1.165) is 35.5 Å². The molecule has 2 aliphatic heterocycles. The Morgan fingerprint density at radius 1 is 0.768 bits per heavy atom. The smallest absolute Gasteiger partial charge is 0.387 e. The predicted molar refractivity (Wildman–Crippen MR) is 211 cm³/mol. The van der Waals surface area contributed by atoms with Crippen molar-refractivity contribution >= 4 is 29.5 Å². The van der Waals surface area contributed by atoms with Gasteiger partial charge in [0.1, 0.15) is 11.8 Å². The van der Waals surface area contributed by atoms with Gasteiger partial charge in [0.25, 0.3) is 0 Å². The van der Waals surface area contributed by atoms with Crippen molar-refractivity contribution in [1.82, 2.24) is 19.6 Å². The van der Waals surface area contributed by atoms with Crippen LogP contribution in [0.4, 0.5) is 14.5 Å². The molecule has 0 aliphatic carbocycles. The van der Waals surface area contributed by atoms with Crippen LogP contribution in [0.15, 0.2) is 109 Å². The summed E-state index contributed by atoms with van der Waals surface area (Å²) in [4.78, 5) is 50.7. The fourth-order valence-electron chi connectivity index (χ4n) is 7.10. The van der Waals surface area contributed by atoms with Crippen molar-refractivity contribution in [1.29, 1.82) is 5.26 Å². The van der Waals surface area contributed by atoms with Crippen LogP contribution in [0.1, 0.15) is 34.7 Å². The van der Waals surface area contributed by atoms with Crippen LogP contribution in [0.5, 0.6) is 5.75 Å². The summed E-state index contributed by atoms with van der Waals surface area (Å²) in [5, 5.41) is 9.16. The summed E-state index contributed by atoms with van der Waals surface area (Å²) in [6.07, 6.45) is 3.34. The molecule has 0 N–H and O–H groups in total. The van der Waals surface area contributed by atoms with Gasteiger partial charge in [-0.25, -0.2) is 0 Å². The minimum Gasteiger partial charge on any atom is -0.435 e. The van der Waals surface area contributed by atoms with Gasteiger partial charge in [-0.3, -0.25) is 19.3 Å². The molecule has 0 saturated carbocycles. The summed E-state index contributed by atoms with van der Waals surface area (Å²) in [5.74, 6) is -0.417. The first-order valence-corrected chi connectivity index (χ1v) is 18.8. The van der Waals surface area contributed by atoms with Gasteiger partial charge in [-0.05, 0) is 64.7 Å². The maximum atomic E-state index is 14.7. The predicted octanol–water partition coefficient (Wildman–Crippen LogP) is 5.83. The number of anilines is 1. The number of hydrogen-bond donors (Lipinski definition) is 0. The first-order valence-electron chi connectivity index (χ1n) is 18.8. The van der Waals surface area contributed by atoms with Crippen molar-refractivity contribution in [2.45, 2.75) is 39.1 Å². The van der Waals surface area contributed by atoms with E-state index in [4.69, 9.17) is 5.26 Å². The molecule has 56 heavy (non-hydrogen) atoms. The Balaban J connectivity index is 1.23. The lowest BCUT2D eigenvalue weighted by molar-refractivity contribution is -0.145. The molecule has 6 rings (SSSR count). The normalized spacial score (nSPS) is 15.4. The molecule has 4 aromatic rings. The largest absolute Gasteiger partial charge is 0.435 e. The van der Waals surface area contributed by atoms with Crippen LogP contribution in [0, 0.1) is 11.3 Å². The molecule has 2 aliphatic rings. The maximum Gasteiger partial charge on any atom is 0.387 e. The number of hydrogen-bond acceptors (Lipinski definition) is 7. The first-order chi connectivity index (χ1) is 27.1. The van der Waals surface area contributed by atoms with Gasteiger partial charge in [0, 0.05) is 90.6 Å². The molecule has 0 bridgehead atoms. The SMILES string of the molecule is CC(=O)N1CCN(c2ccc(CN(C(=O)C=Cc3ccc(OC(F)F)cc3)C(Cc3ccccc3)C(=O)N3CCN(Cc4ccc(C#N)cc4)CC3)cc2)CC1. The highest BCUT2D eigenvalue weighted by atomic mass is 19.3. The Morgan fingerprint density at radius 2 is 1.39 bits per heavy atom. The van der Waals surface area contributed by atoms with Crippen molar-refractivity contribution in [2.75, 3.05) is 57.3 Å². The van der Waals surface area contributed by atoms with Gasteiger partial charge < -0.3 is 24.3 Å². The number of piperazine rings is 2. The summed E-state index contributed by atoms with van der Waals surface area (Å²) in [6.45, 7) is 4.57. The molecule has 2 heterocycles. The number of carbonyl (C=O) groups is 3. The van der Waals surface area contributed by atoms with Crippen LogP contribution < -0.4 is 9.64 Å². The van der Waals surface area contributed by atoms with Crippen LogP contribution in [-0.2, 0) is 33.9 Å². The van der Waals surface area contributed by atoms with E-state index in [1.807, 2.05) is 88.7 Å². The molecule has 0 aromatic heterocycles. The topological polar surface area (TPSA) is 100 Å². The van der Waals surface area contributed by atoms with E-state index in [1.54, 1.807) is 30.0 Å². The van der Waals surface area contributed by atoms with Gasteiger partial charge in [-0.15, -0.1) is 0 Å². The number of alkyl halides is 2. The highest BCUT2D eigenvalue weighted by Gasteiger charge is 2.34. The Bertz CT molecular complexity index is 1990. The monoisotopic (exact) mass is 760 g/mol. The quantitative estimate of drug-likeness (QED) is 0.158. The lowest BCUT2D eigenvalue weighted by Gasteiger charge is -2.39. The zero-order valence-electron chi connectivity index (χ0n) is 31.5. The highest BCUT2D eigenvalue weighted by Crippen LogP contribution is 2.23. The third-order valence-electron chi connectivity index (χ3n) is 10.3. The van der Waals surface area contributed by atoms with Gasteiger partial charge in [0.15, 0.2) is 0 Å². The summed E-state index contributed by atoms with van der Waals surface area (Å²) < 4.78 is 29.9. The number of carbonyl (C=O) groups excluding carboxylic acids is 3. The minimum absolute atomic E-state index is 0.0137. The van der Waals surface area contributed by atoms with Crippen LogP contribution in [0.25, 0.3) is 6.08 Å². The second-order valence-corrected chi connectivity index (χ2v) is 14.0. The highest BCUT2D eigenvalue weighted by molar-refractivity contribution is 5.96. The van der Waals surface area contributed by atoms with Gasteiger partial charge in [0.05, 0.1) is 11.6 Å². The lowest BCUT2D eigenvalue weighted by atomic mass is 10.0. The van der Waals surface area contributed by atoms with E-state index in [0.29, 0.717) is 63.4 Å². The summed E-state index contributed by atoms with van der Waals surface area (Å²) in [7, 11) is 0. The number of amides is 3. The van der Waals surface area contributed by atoms with Crippen LogP contribution in [0.3, 0.4) is 0 Å². The third kappa shape index (κ3) is 10.8. The molecular formula is C44H46F2N6O4. The molecule has 290 valence electrons. The minimum atomic E-state index is -2.94. The second-order valence-electron chi connectivity index (χ2n) is 14.0. The first kappa shape index (κ1) is 39.6. The maximum absolute atomic E-state index is 14.7. The number of nitrogens with zero attached hydrogens (tertiary/aromatic N) is 6. The second kappa shape index (κ2) is 19.0. The number of nitriles is 1. The van der Waals surface area contributed by atoms with E-state index in [-0.39, 0.29) is 30.0 Å². The zero-order valence-corrected chi connectivity index (χ0v) is 31.5. The molecule has 12 heteroatoms. The Labute approximate surface area is 326 Å². The molecule has 0 radical (unpaired) electrons. The van der Waals surface area contributed by atoms with Crippen molar-refractivity contribution in [2.24, 2.45) is 0 Å². The Kier molecular flexibility index (Phi) is 13.4. The van der Waals surface area contributed by atoms with Crippen molar-refractivity contribution in [3.05, 3.63) is 137 Å². The Hall–Kier alpha value is -6.06. The van der Waals surface area contributed by atoms with Gasteiger partial charge in [0.2, 0.25) is 17.7 Å². The van der Waals surface area contributed by atoms with Gasteiger partial charge in [-0.1, -0.05) is 66.7 Å². The van der Waals surface area contributed by atoms with E-state index in [9.17, 15) is 23.2 Å². The molecule has 0 spiro atoms. The van der Waals surface area contributed by atoms with Crippen LogP contribution >= 0.6 is 0 Å². The fourth-order valence-corrected chi connectivity index (χ4v) is 7.10. The molecule has 4 aromatic carbocycles. The Morgan fingerprint density at radius 3 is 2.00 bits per heavy atom. The van der Waals surface area contributed by atoms with E-state index in [1.165, 1.54) is 18.2 Å². The summed E-state index contributed by atoms with van der Waals surface area (Å²) >= 11 is 0. The molecule has 10 nitrogen and oxygen atoms in total. The van der Waals surface area contributed by atoms with Crippen LogP contribution in [0.2, 0.25) is 0 Å². The number of benzene rings is 4. The van der Waals surface area contributed by atoms with Crippen LogP contribution in [-0.4, -0.2) is 102 Å². The average molecular weight is 761 g/mol. The van der Waals surface area contributed by atoms with Crippen molar-refractivity contribution < 1.29 is 27.9 Å². The lowest BCUT2D eigenvalue weighted by Crippen LogP contribution is -2.56. The zero-order chi connectivity index (χ0) is 39.4. The summed E-state index contributed by atoms with van der Waals surface area (Å²) in [5.41, 5.74) is 5.10. The summed E-state index contributed by atoms with van der Waals surface area (Å²) in [6, 6.07) is 32.5. The van der Waals surface area contributed by atoms with Crippen molar-refractivity contribution in [3.8, 4) is 11.8 Å². The molecule has 1 atom stereocenters. The average Bonchev–Trinajstić information content (AvgIpc) is 3.22. The number of rotatable bonds is 13. The van der Waals surface area contributed by atoms with E-state index in [2.05, 4.69) is 20.6 Å². The fraction of sp³-hybridized carbons (Fsp3) is 0.318. The number of halogens is 2. The molecular weight excluding hydrogens is 715 g/mol. The van der Waals surface area contributed by atoms with E-state index >= 15 is 0 Å². The van der Waals surface area contributed by atoms with E-state index < -0.39 is 12.7 Å². The van der Waals surface area contributed by atoms with Gasteiger partial charge >= 0.3 is 6.61 Å². The number of ether oxygens (including phenoxy) is 1. The standard InChI is InChI=1S/C44H46F2N6O4/c1-33(53)49-25-27-50(28-26-49)39-16-11-38(12-17-39)32-52(42(54)20-15-34-13-18-40(19-14-34)56-44(45)46)41(29-35-5-3-2-4-6-35)43(55)51-23-21-48(22-24-51)31-37-9-7-36(30-47)8-10-37/h2-20,41,44H,21-29,31-32H2,1H3. The third-order valence-corrected chi connectivity index (χ3v) is 10.3. The molecule has 2 fully saturated rings. The molecule has 1 unspecified atom stereocenters. The van der Waals surface area contributed by atoms with Crippen molar-refractivity contribution in [3.63, 3.8) is 0 Å². The molecule has 3 amide bonds.